The highest BCUT2D eigenvalue weighted by atomic mass is 16.5. The molecule has 0 fully saturated rings. The number of para-hydroxylation sites is 1. The average molecular weight is 309 g/mol. The topological polar surface area (TPSA) is 64.1 Å². The molecule has 0 amide bonds. The quantitative estimate of drug-likeness (QED) is 0.384. The zero-order valence-corrected chi connectivity index (χ0v) is 13.7. The lowest BCUT2D eigenvalue weighted by Crippen LogP contribution is -2.39. The summed E-state index contributed by atoms with van der Waals surface area (Å²) in [6.07, 6.45) is 0.870. The van der Waals surface area contributed by atoms with Crippen molar-refractivity contribution in [2.24, 2.45) is 4.99 Å². The standard InChI is InChI=1S/C16H27N3O3/c1-17-16(19-10-11-22-13-12-20-2)18-9-8-14-6-4-5-7-15(14)21-3/h4-7H,8-13H2,1-3H3,(H2,17,18,19). The first kappa shape index (κ1) is 18.3. The number of aliphatic imine (C=N–C) groups is 1. The molecule has 124 valence electrons. The van der Waals surface area contributed by atoms with Gasteiger partial charge in [0.2, 0.25) is 0 Å². The van der Waals surface area contributed by atoms with Gasteiger partial charge in [0.05, 0.1) is 26.9 Å². The van der Waals surface area contributed by atoms with Gasteiger partial charge < -0.3 is 24.8 Å². The number of rotatable bonds is 10. The molecule has 0 spiro atoms. The summed E-state index contributed by atoms with van der Waals surface area (Å²) >= 11 is 0. The summed E-state index contributed by atoms with van der Waals surface area (Å²) in [5, 5.41) is 6.48. The molecule has 1 aromatic carbocycles. The molecule has 0 saturated carbocycles. The summed E-state index contributed by atoms with van der Waals surface area (Å²) in [6.45, 7) is 3.34. The van der Waals surface area contributed by atoms with Gasteiger partial charge in [-0.3, -0.25) is 4.99 Å². The van der Waals surface area contributed by atoms with Crippen molar-refractivity contribution in [3.05, 3.63) is 29.8 Å². The van der Waals surface area contributed by atoms with E-state index in [1.807, 2.05) is 18.2 Å². The molecule has 2 N–H and O–H groups in total. The third-order valence-electron chi connectivity index (χ3n) is 3.07. The van der Waals surface area contributed by atoms with Crippen molar-refractivity contribution in [2.75, 3.05) is 54.2 Å². The van der Waals surface area contributed by atoms with Crippen molar-refractivity contribution in [3.63, 3.8) is 0 Å². The van der Waals surface area contributed by atoms with Crippen LogP contribution in [0.25, 0.3) is 0 Å². The number of guanidine groups is 1. The van der Waals surface area contributed by atoms with E-state index in [2.05, 4.69) is 21.7 Å². The molecule has 22 heavy (non-hydrogen) atoms. The van der Waals surface area contributed by atoms with Gasteiger partial charge in [0.1, 0.15) is 5.75 Å². The Morgan fingerprint density at radius 3 is 2.55 bits per heavy atom. The van der Waals surface area contributed by atoms with E-state index in [1.54, 1.807) is 21.3 Å². The number of benzene rings is 1. The Morgan fingerprint density at radius 2 is 1.82 bits per heavy atom. The molecule has 0 bridgehead atoms. The Bertz CT molecular complexity index is 438. The largest absolute Gasteiger partial charge is 0.496 e. The van der Waals surface area contributed by atoms with Crippen molar-refractivity contribution in [1.29, 1.82) is 0 Å². The highest BCUT2D eigenvalue weighted by Gasteiger charge is 2.02. The van der Waals surface area contributed by atoms with Gasteiger partial charge in [0.25, 0.3) is 0 Å². The highest BCUT2D eigenvalue weighted by Crippen LogP contribution is 2.17. The average Bonchev–Trinajstić information content (AvgIpc) is 2.56. The molecule has 0 aliphatic heterocycles. The summed E-state index contributed by atoms with van der Waals surface area (Å²) in [6, 6.07) is 8.03. The maximum Gasteiger partial charge on any atom is 0.191 e. The summed E-state index contributed by atoms with van der Waals surface area (Å²) in [7, 11) is 5.11. The number of methoxy groups -OCH3 is 2. The van der Waals surface area contributed by atoms with E-state index in [4.69, 9.17) is 14.2 Å². The number of ether oxygens (including phenoxy) is 3. The van der Waals surface area contributed by atoms with Gasteiger partial charge in [-0.15, -0.1) is 0 Å². The molecular weight excluding hydrogens is 282 g/mol. The second kappa shape index (κ2) is 11.8. The van der Waals surface area contributed by atoms with E-state index in [0.29, 0.717) is 26.4 Å². The molecule has 6 heteroatoms. The van der Waals surface area contributed by atoms with Gasteiger partial charge >= 0.3 is 0 Å². The van der Waals surface area contributed by atoms with Crippen LogP contribution in [0.3, 0.4) is 0 Å². The predicted octanol–water partition coefficient (Wildman–Crippen LogP) is 1.07. The number of nitrogens with zero attached hydrogens (tertiary/aromatic N) is 1. The van der Waals surface area contributed by atoms with Crippen LogP contribution in [0.15, 0.2) is 29.3 Å². The first-order chi connectivity index (χ1) is 10.8. The van der Waals surface area contributed by atoms with Gasteiger partial charge in [-0.2, -0.15) is 0 Å². The minimum absolute atomic E-state index is 0.609. The molecule has 0 aromatic heterocycles. The molecule has 0 aliphatic carbocycles. The van der Waals surface area contributed by atoms with Crippen molar-refractivity contribution in [2.45, 2.75) is 6.42 Å². The number of hydrogen-bond donors (Lipinski definition) is 2. The van der Waals surface area contributed by atoms with Crippen molar-refractivity contribution < 1.29 is 14.2 Å². The normalized spacial score (nSPS) is 11.3. The van der Waals surface area contributed by atoms with E-state index >= 15 is 0 Å². The SMILES string of the molecule is CN=C(NCCOCCOC)NCCc1ccccc1OC. The third-order valence-corrected chi connectivity index (χ3v) is 3.07. The van der Waals surface area contributed by atoms with E-state index in [-0.39, 0.29) is 0 Å². The van der Waals surface area contributed by atoms with Crippen molar-refractivity contribution in [3.8, 4) is 5.75 Å². The molecule has 0 unspecified atom stereocenters. The van der Waals surface area contributed by atoms with Gasteiger partial charge in [-0.25, -0.2) is 0 Å². The second-order valence-corrected chi connectivity index (χ2v) is 4.59. The molecular formula is C16H27N3O3. The van der Waals surface area contributed by atoms with Crippen LogP contribution in [0.2, 0.25) is 0 Å². The number of nitrogens with one attached hydrogen (secondary N) is 2. The maximum absolute atomic E-state index is 5.39. The van der Waals surface area contributed by atoms with E-state index in [0.717, 1.165) is 24.7 Å². The fraction of sp³-hybridized carbons (Fsp3) is 0.562. The molecule has 0 saturated heterocycles. The first-order valence-corrected chi connectivity index (χ1v) is 7.45. The summed E-state index contributed by atoms with van der Waals surface area (Å²) < 4.78 is 15.6. The maximum atomic E-state index is 5.39. The van der Waals surface area contributed by atoms with Crippen LogP contribution < -0.4 is 15.4 Å². The number of hydrogen-bond acceptors (Lipinski definition) is 4. The summed E-state index contributed by atoms with van der Waals surface area (Å²) in [4.78, 5) is 4.18. The smallest absolute Gasteiger partial charge is 0.191 e. The van der Waals surface area contributed by atoms with Gasteiger partial charge in [0, 0.05) is 27.2 Å². The van der Waals surface area contributed by atoms with E-state index in [9.17, 15) is 0 Å². The fourth-order valence-corrected chi connectivity index (χ4v) is 1.93. The van der Waals surface area contributed by atoms with Gasteiger partial charge in [-0.05, 0) is 18.1 Å². The summed E-state index contributed by atoms with van der Waals surface area (Å²) in [5.41, 5.74) is 1.18. The van der Waals surface area contributed by atoms with E-state index < -0.39 is 0 Å². The van der Waals surface area contributed by atoms with Crippen LogP contribution in [0, 0.1) is 0 Å². The van der Waals surface area contributed by atoms with Gasteiger partial charge in [-0.1, -0.05) is 18.2 Å². The Kier molecular flexibility index (Phi) is 9.81. The Labute approximate surface area is 132 Å². The third kappa shape index (κ3) is 7.28. The Hall–Kier alpha value is -1.79. The molecule has 0 atom stereocenters. The Balaban J connectivity index is 2.21. The lowest BCUT2D eigenvalue weighted by atomic mass is 10.1. The Morgan fingerprint density at radius 1 is 1.05 bits per heavy atom. The van der Waals surface area contributed by atoms with Crippen LogP contribution in [0.4, 0.5) is 0 Å². The first-order valence-electron chi connectivity index (χ1n) is 7.45. The molecule has 1 aromatic rings. The van der Waals surface area contributed by atoms with Crippen molar-refractivity contribution in [1.82, 2.24) is 10.6 Å². The minimum Gasteiger partial charge on any atom is -0.496 e. The van der Waals surface area contributed by atoms with Crippen LogP contribution >= 0.6 is 0 Å². The van der Waals surface area contributed by atoms with Crippen LogP contribution in [0.5, 0.6) is 5.75 Å². The minimum atomic E-state index is 0.609. The molecule has 1 rings (SSSR count). The lowest BCUT2D eigenvalue weighted by Gasteiger charge is -2.13. The molecule has 0 heterocycles. The predicted molar refractivity (Wildman–Crippen MR) is 88.8 cm³/mol. The fourth-order valence-electron chi connectivity index (χ4n) is 1.93. The van der Waals surface area contributed by atoms with Crippen LogP contribution in [0.1, 0.15) is 5.56 Å². The van der Waals surface area contributed by atoms with E-state index in [1.165, 1.54) is 5.56 Å². The second-order valence-electron chi connectivity index (χ2n) is 4.59. The highest BCUT2D eigenvalue weighted by molar-refractivity contribution is 5.79. The van der Waals surface area contributed by atoms with Crippen molar-refractivity contribution >= 4 is 5.96 Å². The summed E-state index contributed by atoms with van der Waals surface area (Å²) in [5.74, 6) is 1.68. The lowest BCUT2D eigenvalue weighted by molar-refractivity contribution is 0.0733. The molecule has 0 aliphatic rings. The molecule has 6 nitrogen and oxygen atoms in total. The van der Waals surface area contributed by atoms with Crippen LogP contribution in [-0.4, -0.2) is 60.1 Å². The van der Waals surface area contributed by atoms with Crippen LogP contribution in [-0.2, 0) is 15.9 Å². The molecule has 0 radical (unpaired) electrons. The zero-order valence-electron chi connectivity index (χ0n) is 13.7. The zero-order chi connectivity index (χ0) is 16.0. The monoisotopic (exact) mass is 309 g/mol. The van der Waals surface area contributed by atoms with Gasteiger partial charge in [0.15, 0.2) is 5.96 Å².